The molecule has 1 unspecified atom stereocenters. The molecule has 0 N–H and O–H groups in total. The summed E-state index contributed by atoms with van der Waals surface area (Å²) in [6, 6.07) is -0.0000338. The molecule has 0 aliphatic carbocycles. The van der Waals surface area contributed by atoms with Crippen LogP contribution in [0.3, 0.4) is 0 Å². The molecular formula is C14H8F6N4O4. The molecule has 3 rings (SSSR count). The number of carbonyl (C=O) groups excluding carboxylic acids is 2. The molecule has 0 radical (unpaired) electrons. The van der Waals surface area contributed by atoms with Crippen LogP contribution in [-0.4, -0.2) is 39.3 Å². The number of rotatable bonds is 2. The van der Waals surface area contributed by atoms with Gasteiger partial charge in [-0.25, -0.2) is 9.69 Å². The molecule has 0 aromatic heterocycles. The zero-order valence-corrected chi connectivity index (χ0v) is 13.6. The largest absolute Gasteiger partial charge is 0.431 e. The van der Waals surface area contributed by atoms with E-state index in [1.165, 1.54) is 0 Å². The average molecular weight is 410 g/mol. The van der Waals surface area contributed by atoms with Crippen LogP contribution >= 0.6 is 0 Å². The fraction of sp³-hybridized carbons (Fsp3) is 0.357. The summed E-state index contributed by atoms with van der Waals surface area (Å²) in [4.78, 5) is 34.7. The maximum Gasteiger partial charge on any atom is 0.431 e. The molecule has 150 valence electrons. The molecule has 0 saturated carbocycles. The molecule has 28 heavy (non-hydrogen) atoms. The molecule has 1 aromatic carbocycles. The zero-order chi connectivity index (χ0) is 21.2. The summed E-state index contributed by atoms with van der Waals surface area (Å²) >= 11 is 0. The summed E-state index contributed by atoms with van der Waals surface area (Å²) in [6.45, 7) is 0.992. The average Bonchev–Trinajstić information content (AvgIpc) is 3.00. The summed E-state index contributed by atoms with van der Waals surface area (Å²) in [6.07, 6.45) is -11.0. The topological polar surface area (TPSA) is 96.1 Å². The van der Waals surface area contributed by atoms with Crippen LogP contribution in [0.15, 0.2) is 23.3 Å². The first-order valence-corrected chi connectivity index (χ1v) is 7.37. The van der Waals surface area contributed by atoms with E-state index in [1.807, 2.05) is 0 Å². The fourth-order valence-corrected chi connectivity index (χ4v) is 2.94. The maximum atomic E-state index is 13.1. The molecule has 1 atom stereocenters. The van der Waals surface area contributed by atoms with Crippen LogP contribution in [-0.2, 0) is 11.0 Å². The lowest BCUT2D eigenvalue weighted by Crippen LogP contribution is -2.43. The van der Waals surface area contributed by atoms with Crippen LogP contribution < -0.4 is 4.90 Å². The first kappa shape index (κ1) is 19.6. The molecule has 0 spiro atoms. The number of hydrogen-bond acceptors (Lipinski definition) is 5. The molecule has 2 aliphatic heterocycles. The minimum atomic E-state index is -5.17. The highest BCUT2D eigenvalue weighted by Crippen LogP contribution is 2.44. The van der Waals surface area contributed by atoms with Crippen molar-refractivity contribution in [3.63, 3.8) is 0 Å². The number of halogens is 6. The lowest BCUT2D eigenvalue weighted by molar-refractivity contribution is -0.388. The van der Waals surface area contributed by atoms with Gasteiger partial charge in [0.2, 0.25) is 0 Å². The molecule has 2 aliphatic rings. The van der Waals surface area contributed by atoms with Gasteiger partial charge in [-0.2, -0.15) is 36.5 Å². The lowest BCUT2D eigenvalue weighted by atomic mass is 9.95. The molecule has 1 saturated heterocycles. The quantitative estimate of drug-likeness (QED) is 0.323. The highest BCUT2D eigenvalue weighted by atomic mass is 19.4. The number of anilines is 1. The van der Waals surface area contributed by atoms with E-state index < -0.39 is 63.8 Å². The van der Waals surface area contributed by atoms with Crippen molar-refractivity contribution in [2.24, 2.45) is 5.10 Å². The van der Waals surface area contributed by atoms with Gasteiger partial charge in [0.05, 0.1) is 10.6 Å². The van der Waals surface area contributed by atoms with Crippen LogP contribution in [0.25, 0.3) is 0 Å². The Morgan fingerprint density at radius 2 is 1.75 bits per heavy atom. The molecular weight excluding hydrogens is 402 g/mol. The predicted molar refractivity (Wildman–Crippen MR) is 79.3 cm³/mol. The van der Waals surface area contributed by atoms with Crippen molar-refractivity contribution in [2.45, 2.75) is 31.2 Å². The second-order valence-corrected chi connectivity index (χ2v) is 6.19. The number of nitrogens with zero attached hydrogens (tertiary/aromatic N) is 4. The van der Waals surface area contributed by atoms with E-state index >= 15 is 0 Å². The third-order valence-electron chi connectivity index (χ3n) is 4.30. The number of urea groups is 1. The molecule has 0 bridgehead atoms. The molecule has 1 aromatic rings. The molecule has 1 fully saturated rings. The number of hydrazone groups is 1. The monoisotopic (exact) mass is 410 g/mol. The summed E-state index contributed by atoms with van der Waals surface area (Å²) in [5, 5.41) is 14.2. The number of carbonyl (C=O) groups is 2. The van der Waals surface area contributed by atoms with E-state index in [1.54, 1.807) is 0 Å². The Bertz CT molecular complexity index is 941. The zero-order valence-electron chi connectivity index (χ0n) is 13.6. The van der Waals surface area contributed by atoms with Gasteiger partial charge < -0.3 is 0 Å². The van der Waals surface area contributed by atoms with Crippen molar-refractivity contribution in [1.29, 1.82) is 0 Å². The van der Waals surface area contributed by atoms with Crippen molar-refractivity contribution >= 4 is 29.0 Å². The van der Waals surface area contributed by atoms with Gasteiger partial charge in [-0.3, -0.25) is 14.9 Å². The Kier molecular flexibility index (Phi) is 3.95. The van der Waals surface area contributed by atoms with Crippen molar-refractivity contribution in [1.82, 2.24) is 5.01 Å². The van der Waals surface area contributed by atoms with E-state index in [-0.39, 0.29) is 16.0 Å². The Morgan fingerprint density at radius 3 is 2.21 bits per heavy atom. The van der Waals surface area contributed by atoms with Gasteiger partial charge in [0.25, 0.3) is 11.6 Å². The molecule has 3 amide bonds. The highest BCUT2D eigenvalue weighted by Gasteiger charge is 2.62. The summed E-state index contributed by atoms with van der Waals surface area (Å²) in [5.74, 6) is -1.23. The Morgan fingerprint density at radius 1 is 1.14 bits per heavy atom. The van der Waals surface area contributed by atoms with Crippen molar-refractivity contribution in [3.05, 3.63) is 33.9 Å². The fourth-order valence-electron chi connectivity index (χ4n) is 2.94. The first-order chi connectivity index (χ1) is 12.7. The number of fused-ring (bicyclic) bond motifs is 1. The number of hydrogen-bond donors (Lipinski definition) is 0. The van der Waals surface area contributed by atoms with E-state index in [0.717, 1.165) is 13.0 Å². The number of benzene rings is 1. The summed E-state index contributed by atoms with van der Waals surface area (Å²) in [7, 11) is 0. The molecule has 8 nitrogen and oxygen atoms in total. The first-order valence-electron chi connectivity index (χ1n) is 7.37. The summed E-state index contributed by atoms with van der Waals surface area (Å²) in [5.41, 5.74) is -7.14. The molecule has 2 heterocycles. The predicted octanol–water partition coefficient (Wildman–Crippen LogP) is 3.46. The number of nitro benzene ring substituents is 1. The van der Waals surface area contributed by atoms with Gasteiger partial charge in [-0.15, -0.1) is 0 Å². The van der Waals surface area contributed by atoms with Crippen molar-refractivity contribution in [2.75, 3.05) is 4.90 Å². The van der Waals surface area contributed by atoms with Crippen LogP contribution in [0.4, 0.5) is 42.5 Å². The number of amides is 3. The number of imide groups is 1. The second kappa shape index (κ2) is 5.65. The minimum absolute atomic E-state index is 0.216. The van der Waals surface area contributed by atoms with Crippen molar-refractivity contribution < 1.29 is 40.9 Å². The van der Waals surface area contributed by atoms with Gasteiger partial charge in [0.15, 0.2) is 5.54 Å². The van der Waals surface area contributed by atoms with Crippen molar-refractivity contribution in [3.8, 4) is 0 Å². The van der Waals surface area contributed by atoms with E-state index in [0.29, 0.717) is 6.07 Å². The third-order valence-corrected chi connectivity index (χ3v) is 4.30. The summed E-state index contributed by atoms with van der Waals surface area (Å²) < 4.78 is 77.8. The van der Waals surface area contributed by atoms with Gasteiger partial charge in [-0.1, -0.05) is 0 Å². The van der Waals surface area contributed by atoms with E-state index in [9.17, 15) is 46.0 Å². The van der Waals surface area contributed by atoms with Crippen LogP contribution in [0.1, 0.15) is 18.9 Å². The third kappa shape index (κ3) is 2.75. The normalized spacial score (nSPS) is 22.6. The lowest BCUT2D eigenvalue weighted by Gasteiger charge is -2.20. The molecule has 14 heteroatoms. The SMILES string of the molecule is CC12CC(C(F)(F)F)=NN1C(=O)N(c1ccc([N+](=O)[O-])c(C(F)(F)F)c1)C2=O. The van der Waals surface area contributed by atoms with E-state index in [2.05, 4.69) is 5.10 Å². The van der Waals surface area contributed by atoms with Crippen LogP contribution in [0.5, 0.6) is 0 Å². The van der Waals surface area contributed by atoms with E-state index in [4.69, 9.17) is 0 Å². The standard InChI is InChI=1S/C14H8F6N4O4/c1-12-5-9(14(18,19)20)21-23(12)11(26)22(10(12)25)6-2-3-8(24(27)28)7(4-6)13(15,16)17/h2-4H,5H2,1H3. The Labute approximate surface area is 151 Å². The maximum absolute atomic E-state index is 13.1. The highest BCUT2D eigenvalue weighted by molar-refractivity contribution is 6.25. The second-order valence-electron chi connectivity index (χ2n) is 6.19. The van der Waals surface area contributed by atoms with Gasteiger partial charge in [-0.05, 0) is 19.1 Å². The van der Waals surface area contributed by atoms with Gasteiger partial charge in [0, 0.05) is 12.5 Å². The Hall–Kier alpha value is -3.19. The number of alkyl halides is 6. The van der Waals surface area contributed by atoms with Gasteiger partial charge >= 0.3 is 18.4 Å². The van der Waals surface area contributed by atoms with Crippen LogP contribution in [0.2, 0.25) is 0 Å². The minimum Gasteiger partial charge on any atom is -0.271 e. The Balaban J connectivity index is 2.08. The number of nitro groups is 1. The van der Waals surface area contributed by atoms with Crippen LogP contribution in [0, 0.1) is 10.1 Å². The van der Waals surface area contributed by atoms with Gasteiger partial charge in [0.1, 0.15) is 11.3 Å². The smallest absolute Gasteiger partial charge is 0.271 e.